The largest absolute Gasteiger partial charge is 0.372 e. The minimum absolute atomic E-state index is 0.161. The Labute approximate surface area is 187 Å². The van der Waals surface area contributed by atoms with Crippen LogP contribution >= 0.6 is 11.6 Å². The first-order chi connectivity index (χ1) is 14.9. The maximum Gasteiger partial charge on any atom is 0.259 e. The Balaban J connectivity index is 1.50. The number of carbonyl (C=O) groups excluding carboxylic acids is 1. The van der Waals surface area contributed by atoms with Gasteiger partial charge in [0.05, 0.1) is 47.2 Å². The van der Waals surface area contributed by atoms with Crippen LogP contribution in [0.3, 0.4) is 0 Å². The van der Waals surface area contributed by atoms with E-state index in [4.69, 9.17) is 16.3 Å². The van der Waals surface area contributed by atoms with E-state index in [2.05, 4.69) is 34.1 Å². The lowest BCUT2D eigenvalue weighted by Gasteiger charge is -2.36. The molecule has 0 spiro atoms. The van der Waals surface area contributed by atoms with Gasteiger partial charge in [0.15, 0.2) is 0 Å². The number of anilines is 2. The molecule has 0 radical (unpaired) electrons. The molecule has 7 nitrogen and oxygen atoms in total. The number of nitrogens with one attached hydrogen (secondary N) is 1. The Hall–Kier alpha value is -2.90. The second-order valence-corrected chi connectivity index (χ2v) is 8.21. The van der Waals surface area contributed by atoms with Crippen LogP contribution in [0.15, 0.2) is 48.8 Å². The highest BCUT2D eigenvalue weighted by atomic mass is 35.5. The molecule has 8 heteroatoms. The third kappa shape index (κ3) is 4.73. The number of halogens is 1. The summed E-state index contributed by atoms with van der Waals surface area (Å²) in [5, 5.41) is 7.97. The molecule has 0 saturated carbocycles. The van der Waals surface area contributed by atoms with E-state index in [0.717, 1.165) is 30.3 Å². The van der Waals surface area contributed by atoms with Gasteiger partial charge in [-0.1, -0.05) is 24.6 Å². The number of rotatable bonds is 5. The normalized spacial score (nSPS) is 18.8. The second-order valence-electron chi connectivity index (χ2n) is 7.77. The van der Waals surface area contributed by atoms with E-state index < -0.39 is 0 Å². The molecule has 4 rings (SSSR count). The highest BCUT2D eigenvalue weighted by Gasteiger charge is 2.23. The maximum atomic E-state index is 12.9. The molecule has 162 valence electrons. The molecule has 31 heavy (non-hydrogen) atoms. The van der Waals surface area contributed by atoms with E-state index in [-0.39, 0.29) is 18.1 Å². The third-order valence-corrected chi connectivity index (χ3v) is 5.49. The van der Waals surface area contributed by atoms with Gasteiger partial charge in [-0.05, 0) is 50.6 Å². The van der Waals surface area contributed by atoms with Crippen LogP contribution < -0.4 is 10.2 Å². The number of aromatic nitrogens is 3. The van der Waals surface area contributed by atoms with Gasteiger partial charge in [0.2, 0.25) is 0 Å². The van der Waals surface area contributed by atoms with Crippen molar-refractivity contribution in [3.63, 3.8) is 0 Å². The van der Waals surface area contributed by atoms with E-state index in [9.17, 15) is 4.79 Å². The van der Waals surface area contributed by atoms with E-state index in [1.54, 1.807) is 17.1 Å². The SMILES string of the molecule is CCc1c(C(=O)Nc2ccc(N3C[C@@H](C)O[C@@H](C)C3)nc2)cnn1-c1cccc(Cl)c1. The van der Waals surface area contributed by atoms with Crippen molar-refractivity contribution in [2.75, 3.05) is 23.3 Å². The van der Waals surface area contributed by atoms with Gasteiger partial charge in [-0.15, -0.1) is 0 Å². The predicted molar refractivity (Wildman–Crippen MR) is 122 cm³/mol. The van der Waals surface area contributed by atoms with Crippen LogP contribution in [0.1, 0.15) is 36.8 Å². The number of hydrogen-bond donors (Lipinski definition) is 1. The summed E-state index contributed by atoms with van der Waals surface area (Å²) in [6, 6.07) is 11.2. The summed E-state index contributed by atoms with van der Waals surface area (Å²) in [6.07, 6.45) is 4.25. The Morgan fingerprint density at radius 1 is 1.19 bits per heavy atom. The summed E-state index contributed by atoms with van der Waals surface area (Å²) in [5.41, 5.74) is 2.81. The van der Waals surface area contributed by atoms with E-state index >= 15 is 0 Å². The van der Waals surface area contributed by atoms with Crippen LogP contribution in [-0.2, 0) is 11.2 Å². The lowest BCUT2D eigenvalue weighted by molar-refractivity contribution is -0.00545. The topological polar surface area (TPSA) is 72.3 Å². The van der Waals surface area contributed by atoms with Crippen LogP contribution in [0.2, 0.25) is 5.02 Å². The Morgan fingerprint density at radius 2 is 1.97 bits per heavy atom. The van der Waals surface area contributed by atoms with Crippen molar-refractivity contribution in [2.45, 2.75) is 39.4 Å². The summed E-state index contributed by atoms with van der Waals surface area (Å²) < 4.78 is 7.54. The molecule has 1 aromatic carbocycles. The van der Waals surface area contributed by atoms with Crippen LogP contribution in [-0.4, -0.2) is 46.0 Å². The zero-order chi connectivity index (χ0) is 22.0. The standard InChI is InChI=1S/C23H26ClN5O2/c1-4-21-20(12-26-29(21)19-7-5-6-17(24)10-19)23(30)27-18-8-9-22(25-11-18)28-13-15(2)31-16(3)14-28/h5-12,15-16H,4,13-14H2,1-3H3,(H,27,30)/t15-,16+. The van der Waals surface area contributed by atoms with Gasteiger partial charge in [0, 0.05) is 18.1 Å². The molecule has 0 bridgehead atoms. The lowest BCUT2D eigenvalue weighted by Crippen LogP contribution is -2.45. The highest BCUT2D eigenvalue weighted by Crippen LogP contribution is 2.22. The third-order valence-electron chi connectivity index (χ3n) is 5.25. The predicted octanol–water partition coefficient (Wildman–Crippen LogP) is 4.35. The maximum absolute atomic E-state index is 12.9. The van der Waals surface area contributed by atoms with Gasteiger partial charge < -0.3 is 15.0 Å². The highest BCUT2D eigenvalue weighted by molar-refractivity contribution is 6.30. The van der Waals surface area contributed by atoms with Gasteiger partial charge in [0.1, 0.15) is 5.82 Å². The minimum Gasteiger partial charge on any atom is -0.372 e. The van der Waals surface area contributed by atoms with Gasteiger partial charge >= 0.3 is 0 Å². The fourth-order valence-electron chi connectivity index (χ4n) is 3.94. The van der Waals surface area contributed by atoms with Crippen LogP contribution in [0.4, 0.5) is 11.5 Å². The Morgan fingerprint density at radius 3 is 2.61 bits per heavy atom. The van der Waals surface area contributed by atoms with E-state index in [0.29, 0.717) is 22.7 Å². The molecule has 3 aromatic rings. The molecule has 2 atom stereocenters. The van der Waals surface area contributed by atoms with Crippen molar-refractivity contribution in [3.05, 3.63) is 65.1 Å². The fourth-order valence-corrected chi connectivity index (χ4v) is 4.13. The number of nitrogens with zero attached hydrogens (tertiary/aromatic N) is 4. The van der Waals surface area contributed by atoms with Crippen LogP contribution in [0.5, 0.6) is 0 Å². The summed E-state index contributed by atoms with van der Waals surface area (Å²) >= 11 is 6.11. The average Bonchev–Trinajstić information content (AvgIpc) is 3.18. The van der Waals surface area contributed by atoms with Crippen molar-refractivity contribution in [1.82, 2.24) is 14.8 Å². The summed E-state index contributed by atoms with van der Waals surface area (Å²) in [7, 11) is 0. The van der Waals surface area contributed by atoms with Crippen molar-refractivity contribution in [3.8, 4) is 5.69 Å². The number of hydrogen-bond acceptors (Lipinski definition) is 5. The number of carbonyl (C=O) groups is 1. The number of benzene rings is 1. The van der Waals surface area contributed by atoms with Crippen molar-refractivity contribution in [2.24, 2.45) is 0 Å². The van der Waals surface area contributed by atoms with Crippen molar-refractivity contribution < 1.29 is 9.53 Å². The van der Waals surface area contributed by atoms with Gasteiger partial charge in [-0.2, -0.15) is 5.10 Å². The van der Waals surface area contributed by atoms with Gasteiger partial charge in [-0.25, -0.2) is 9.67 Å². The second kappa shape index (κ2) is 9.08. The average molecular weight is 440 g/mol. The van der Waals surface area contributed by atoms with E-state index in [1.807, 2.05) is 43.3 Å². The first kappa shape index (κ1) is 21.3. The molecule has 1 fully saturated rings. The van der Waals surface area contributed by atoms with Crippen LogP contribution in [0, 0.1) is 0 Å². The molecular formula is C23H26ClN5O2. The monoisotopic (exact) mass is 439 g/mol. The van der Waals surface area contributed by atoms with Crippen molar-refractivity contribution >= 4 is 29.0 Å². The van der Waals surface area contributed by atoms with Gasteiger partial charge in [0.25, 0.3) is 5.91 Å². The molecule has 1 N–H and O–H groups in total. The minimum atomic E-state index is -0.215. The first-order valence-corrected chi connectivity index (χ1v) is 10.8. The molecule has 1 saturated heterocycles. The Bertz CT molecular complexity index is 1060. The number of pyridine rings is 1. The molecule has 3 heterocycles. The number of amides is 1. The number of morpholine rings is 1. The molecule has 1 aliphatic heterocycles. The fraction of sp³-hybridized carbons (Fsp3) is 0.348. The first-order valence-electron chi connectivity index (χ1n) is 10.4. The molecule has 0 aliphatic carbocycles. The summed E-state index contributed by atoms with van der Waals surface area (Å²) in [5.74, 6) is 0.663. The molecular weight excluding hydrogens is 414 g/mol. The molecule has 1 amide bonds. The molecule has 2 aromatic heterocycles. The summed E-state index contributed by atoms with van der Waals surface area (Å²) in [4.78, 5) is 19.7. The van der Waals surface area contributed by atoms with Crippen LogP contribution in [0.25, 0.3) is 5.69 Å². The zero-order valence-corrected chi connectivity index (χ0v) is 18.6. The molecule has 0 unspecified atom stereocenters. The van der Waals surface area contributed by atoms with E-state index in [1.165, 1.54) is 0 Å². The molecule has 1 aliphatic rings. The summed E-state index contributed by atoms with van der Waals surface area (Å²) in [6.45, 7) is 7.71. The smallest absolute Gasteiger partial charge is 0.259 e. The lowest BCUT2D eigenvalue weighted by atomic mass is 10.2. The van der Waals surface area contributed by atoms with Gasteiger partial charge in [-0.3, -0.25) is 4.79 Å². The number of ether oxygens (including phenoxy) is 1. The zero-order valence-electron chi connectivity index (χ0n) is 17.9. The Kier molecular flexibility index (Phi) is 6.25. The van der Waals surface area contributed by atoms with Crippen molar-refractivity contribution in [1.29, 1.82) is 0 Å². The quantitative estimate of drug-likeness (QED) is 0.639.